The highest BCUT2D eigenvalue weighted by molar-refractivity contribution is 7.85. The van der Waals surface area contributed by atoms with Crippen LogP contribution in [0.4, 0.5) is 0 Å². The lowest BCUT2D eigenvalue weighted by Gasteiger charge is -2.05. The maximum Gasteiger partial charge on any atom is 0.136 e. The second-order valence-electron chi connectivity index (χ2n) is 2.75. The van der Waals surface area contributed by atoms with E-state index in [1.54, 1.807) is 30.3 Å². The first-order chi connectivity index (χ1) is 8.29. The Hall–Kier alpha value is -2.27. The van der Waals surface area contributed by atoms with Crippen molar-refractivity contribution in [3.8, 4) is 0 Å². The molecule has 86 valence electrons. The van der Waals surface area contributed by atoms with Gasteiger partial charge in [0.25, 0.3) is 0 Å². The van der Waals surface area contributed by atoms with Gasteiger partial charge in [-0.3, -0.25) is 4.21 Å². The summed E-state index contributed by atoms with van der Waals surface area (Å²) in [5.41, 5.74) is 16.5. The van der Waals surface area contributed by atoms with Crippen LogP contribution in [0.25, 0.3) is 20.9 Å². The van der Waals surface area contributed by atoms with Gasteiger partial charge in [0.15, 0.2) is 0 Å². The molecular weight excluding hydrogens is 240 g/mol. The zero-order valence-corrected chi connectivity index (χ0v) is 9.44. The molecule has 0 aliphatic rings. The van der Waals surface area contributed by atoms with E-state index in [0.29, 0.717) is 4.90 Å². The van der Waals surface area contributed by atoms with Crippen molar-refractivity contribution in [1.29, 1.82) is 0 Å². The highest BCUT2D eigenvalue weighted by Crippen LogP contribution is 2.13. The van der Waals surface area contributed by atoms with Crippen molar-refractivity contribution in [2.75, 3.05) is 0 Å². The minimum Gasteiger partial charge on any atom is -0.254 e. The van der Waals surface area contributed by atoms with E-state index in [1.165, 1.54) is 6.08 Å². The number of rotatable bonds is 5. The molecule has 0 N–H and O–H groups in total. The van der Waals surface area contributed by atoms with Crippen LogP contribution in [0.5, 0.6) is 0 Å². The van der Waals surface area contributed by atoms with Gasteiger partial charge in [-0.2, -0.15) is 0 Å². The Kier molecular flexibility index (Phi) is 5.33. The van der Waals surface area contributed by atoms with Gasteiger partial charge in [0, 0.05) is 14.7 Å². The predicted molar refractivity (Wildman–Crippen MR) is 64.1 cm³/mol. The number of benzene rings is 1. The van der Waals surface area contributed by atoms with Crippen LogP contribution in [0, 0.1) is 0 Å². The molecule has 1 rings (SSSR count). The van der Waals surface area contributed by atoms with Crippen molar-refractivity contribution in [2.45, 2.75) is 10.3 Å². The van der Waals surface area contributed by atoms with E-state index in [9.17, 15) is 4.21 Å². The van der Waals surface area contributed by atoms with E-state index in [0.717, 1.165) is 6.20 Å². The van der Waals surface area contributed by atoms with Gasteiger partial charge in [0.05, 0.1) is 10.8 Å². The Morgan fingerprint density at radius 2 is 1.94 bits per heavy atom. The van der Waals surface area contributed by atoms with Gasteiger partial charge in [-0.25, -0.2) is 0 Å². The van der Waals surface area contributed by atoms with Crippen molar-refractivity contribution in [1.82, 2.24) is 0 Å². The summed E-state index contributed by atoms with van der Waals surface area (Å²) in [4.78, 5) is 5.65. The number of azide groups is 2. The van der Waals surface area contributed by atoms with Gasteiger partial charge >= 0.3 is 0 Å². The highest BCUT2D eigenvalue weighted by atomic mass is 32.2. The van der Waals surface area contributed by atoms with Gasteiger partial charge in [0.2, 0.25) is 0 Å². The molecular formula is C9H8N6OS. The largest absolute Gasteiger partial charge is 0.254 e. The van der Waals surface area contributed by atoms with Crippen LogP contribution in [-0.2, 0) is 10.8 Å². The fourth-order valence-corrected chi connectivity index (χ4v) is 2.08. The van der Waals surface area contributed by atoms with Crippen molar-refractivity contribution in [3.63, 3.8) is 0 Å². The van der Waals surface area contributed by atoms with Crippen LogP contribution in [-0.4, -0.2) is 9.58 Å². The van der Waals surface area contributed by atoms with Crippen LogP contribution >= 0.6 is 0 Å². The Labute approximate surface area is 99.5 Å². The zero-order chi connectivity index (χ0) is 12.5. The van der Waals surface area contributed by atoms with Crippen LogP contribution in [0.3, 0.4) is 0 Å². The lowest BCUT2D eigenvalue weighted by Crippen LogP contribution is -2.08. The molecule has 2 unspecified atom stereocenters. The highest BCUT2D eigenvalue weighted by Gasteiger charge is 2.12. The number of nitrogens with zero attached hydrogens (tertiary/aromatic N) is 6. The van der Waals surface area contributed by atoms with Gasteiger partial charge < -0.3 is 0 Å². The molecule has 0 radical (unpaired) electrons. The second-order valence-corrected chi connectivity index (χ2v) is 4.30. The van der Waals surface area contributed by atoms with Crippen LogP contribution < -0.4 is 0 Å². The third kappa shape index (κ3) is 4.00. The summed E-state index contributed by atoms with van der Waals surface area (Å²) in [5.74, 6) is 0. The molecule has 1 aromatic rings. The smallest absolute Gasteiger partial charge is 0.136 e. The Morgan fingerprint density at radius 3 is 2.53 bits per heavy atom. The summed E-state index contributed by atoms with van der Waals surface area (Å²) in [7, 11) is -1.52. The van der Waals surface area contributed by atoms with E-state index in [-0.39, 0.29) is 0 Å². The molecule has 2 atom stereocenters. The van der Waals surface area contributed by atoms with E-state index < -0.39 is 16.2 Å². The van der Waals surface area contributed by atoms with Crippen molar-refractivity contribution < 1.29 is 4.21 Å². The average molecular weight is 248 g/mol. The first kappa shape index (κ1) is 12.8. The Morgan fingerprint density at radius 1 is 1.24 bits per heavy atom. The number of hydrogen-bond donors (Lipinski definition) is 0. The lowest BCUT2D eigenvalue weighted by atomic mass is 10.4. The van der Waals surface area contributed by atoms with Crippen molar-refractivity contribution >= 4 is 10.8 Å². The van der Waals surface area contributed by atoms with Crippen LogP contribution in [0.15, 0.2) is 57.7 Å². The fourth-order valence-electron chi connectivity index (χ4n) is 1.04. The standard InChI is InChI=1S/C9H8N6OS/c10-14-12-7-6-9(13-15-11)17(16)8-4-2-1-3-5-8/h1-7,9H/b7-6+. The molecule has 0 spiro atoms. The summed E-state index contributed by atoms with van der Waals surface area (Å²) < 4.78 is 12.0. The second kappa shape index (κ2) is 7.08. The minimum absolute atomic E-state index is 0.537. The maximum absolute atomic E-state index is 12.0. The first-order valence-electron chi connectivity index (χ1n) is 4.50. The van der Waals surface area contributed by atoms with Crippen molar-refractivity contribution in [2.24, 2.45) is 10.2 Å². The monoisotopic (exact) mass is 248 g/mol. The molecule has 0 aromatic heterocycles. The minimum atomic E-state index is -1.52. The van der Waals surface area contributed by atoms with Crippen LogP contribution in [0.1, 0.15) is 0 Å². The first-order valence-corrected chi connectivity index (χ1v) is 5.71. The van der Waals surface area contributed by atoms with Gasteiger partial charge in [-0.15, -0.1) is 0 Å². The topological polar surface area (TPSA) is 115 Å². The molecule has 1 aromatic carbocycles. The quantitative estimate of drug-likeness (QED) is 0.444. The summed E-state index contributed by atoms with van der Waals surface area (Å²) in [6.07, 6.45) is 2.41. The molecule has 0 saturated carbocycles. The van der Waals surface area contributed by atoms with Gasteiger partial charge in [-0.1, -0.05) is 34.5 Å². The van der Waals surface area contributed by atoms with Crippen LogP contribution in [0.2, 0.25) is 0 Å². The Balaban J connectivity index is 2.96. The normalized spacial score (nSPS) is 13.4. The predicted octanol–water partition coefficient (Wildman–Crippen LogP) is 3.25. The van der Waals surface area contributed by atoms with E-state index in [1.807, 2.05) is 0 Å². The molecule has 7 nitrogen and oxygen atoms in total. The summed E-state index contributed by atoms with van der Waals surface area (Å²) in [6, 6.07) is 8.59. The zero-order valence-electron chi connectivity index (χ0n) is 8.62. The molecule has 0 aliphatic carbocycles. The van der Waals surface area contributed by atoms with Gasteiger partial charge in [0.1, 0.15) is 5.37 Å². The molecule has 0 saturated heterocycles. The lowest BCUT2D eigenvalue weighted by molar-refractivity contribution is 0.678. The summed E-state index contributed by atoms with van der Waals surface area (Å²) in [6.45, 7) is 0. The average Bonchev–Trinajstić information content (AvgIpc) is 2.38. The van der Waals surface area contributed by atoms with E-state index in [2.05, 4.69) is 20.1 Å². The SMILES string of the molecule is [N-]=[N+]=N/C=C/C(N=[N+]=[N-])S(=O)c1ccccc1. The fraction of sp³-hybridized carbons (Fsp3) is 0.111. The molecule has 8 heteroatoms. The molecule has 0 heterocycles. The molecule has 0 aliphatic heterocycles. The number of hydrogen-bond acceptors (Lipinski definition) is 3. The van der Waals surface area contributed by atoms with Crippen molar-refractivity contribution in [3.05, 3.63) is 63.5 Å². The van der Waals surface area contributed by atoms with E-state index >= 15 is 0 Å². The molecule has 17 heavy (non-hydrogen) atoms. The molecule has 0 bridgehead atoms. The molecule has 0 fully saturated rings. The Bertz CT molecular complexity index is 516. The van der Waals surface area contributed by atoms with E-state index in [4.69, 9.17) is 11.1 Å². The summed E-state index contributed by atoms with van der Waals surface area (Å²) in [5, 5.41) is 5.64. The third-order valence-electron chi connectivity index (χ3n) is 1.73. The summed E-state index contributed by atoms with van der Waals surface area (Å²) >= 11 is 0. The third-order valence-corrected chi connectivity index (χ3v) is 3.16. The maximum atomic E-state index is 12.0. The molecule has 0 amide bonds. The van der Waals surface area contributed by atoms with Gasteiger partial charge in [-0.05, 0) is 29.4 Å².